The second-order valence-corrected chi connectivity index (χ2v) is 4.57. The predicted octanol–water partition coefficient (Wildman–Crippen LogP) is 2.90. The number of carbonyl (C=O) groups is 1. The van der Waals surface area contributed by atoms with E-state index in [9.17, 15) is 4.79 Å². The monoisotopic (exact) mass is 278 g/mol. The van der Waals surface area contributed by atoms with E-state index in [0.717, 1.165) is 16.7 Å². The smallest absolute Gasteiger partial charge is 0.201 e. The van der Waals surface area contributed by atoms with E-state index < -0.39 is 0 Å². The number of nitrogens with zero attached hydrogens (tertiary/aromatic N) is 3. The second-order valence-electron chi connectivity index (χ2n) is 4.57. The maximum atomic E-state index is 11.9. The van der Waals surface area contributed by atoms with Gasteiger partial charge in [-0.1, -0.05) is 30.3 Å². The van der Waals surface area contributed by atoms with Crippen LogP contribution in [-0.4, -0.2) is 21.2 Å². The summed E-state index contributed by atoms with van der Waals surface area (Å²) in [6, 6.07) is 17.1. The molecule has 0 saturated carbocycles. The highest BCUT2D eigenvalue weighted by molar-refractivity contribution is 6.39. The Balaban J connectivity index is 2.00. The molecule has 0 aliphatic heterocycles. The summed E-state index contributed by atoms with van der Waals surface area (Å²) in [5.41, 5.74) is 5.39. The van der Waals surface area contributed by atoms with Gasteiger partial charge in [-0.2, -0.15) is 5.10 Å². The van der Waals surface area contributed by atoms with E-state index in [0.29, 0.717) is 5.84 Å². The summed E-state index contributed by atoms with van der Waals surface area (Å²) in [6.45, 7) is 1.49. The van der Waals surface area contributed by atoms with Crippen molar-refractivity contribution < 1.29 is 4.79 Å². The molecule has 0 saturated heterocycles. The van der Waals surface area contributed by atoms with Crippen molar-refractivity contribution >= 4 is 28.3 Å². The maximum absolute atomic E-state index is 11.9. The van der Waals surface area contributed by atoms with Crippen molar-refractivity contribution in [1.29, 1.82) is 0 Å². The molecule has 21 heavy (non-hydrogen) atoms. The Kier molecular flexibility index (Phi) is 3.47. The lowest BCUT2D eigenvalue weighted by atomic mass is 10.3. The molecule has 1 N–H and O–H groups in total. The zero-order chi connectivity index (χ0) is 14.7. The zero-order valence-electron chi connectivity index (χ0n) is 11.5. The molecule has 0 bridgehead atoms. The van der Waals surface area contributed by atoms with Crippen LogP contribution in [0.15, 0.2) is 66.0 Å². The van der Waals surface area contributed by atoms with Gasteiger partial charge in [-0.3, -0.25) is 14.8 Å². The van der Waals surface area contributed by atoms with Gasteiger partial charge in [-0.25, -0.2) is 4.98 Å². The molecule has 0 radical (unpaired) electrons. The summed E-state index contributed by atoms with van der Waals surface area (Å²) in [7, 11) is 0. The number of hydrogen-bond acceptors (Lipinski definition) is 4. The van der Waals surface area contributed by atoms with Gasteiger partial charge >= 0.3 is 0 Å². The number of imidazole rings is 1. The van der Waals surface area contributed by atoms with Crippen LogP contribution in [0.25, 0.3) is 11.0 Å². The molecule has 2 aromatic carbocycles. The first-order valence-electron chi connectivity index (χ1n) is 6.58. The molecule has 0 atom stereocenters. The summed E-state index contributed by atoms with van der Waals surface area (Å²) in [6.07, 6.45) is 1.61. The number of hydrazone groups is 1. The zero-order valence-corrected chi connectivity index (χ0v) is 11.5. The van der Waals surface area contributed by atoms with E-state index in [1.165, 1.54) is 6.92 Å². The molecule has 1 heterocycles. The summed E-state index contributed by atoms with van der Waals surface area (Å²) in [5.74, 6) is 0.161. The minimum Gasteiger partial charge on any atom is -0.291 e. The van der Waals surface area contributed by atoms with E-state index in [1.807, 2.05) is 54.6 Å². The number of fused-ring (bicyclic) bond motifs is 1. The van der Waals surface area contributed by atoms with E-state index >= 15 is 0 Å². The van der Waals surface area contributed by atoms with Crippen LogP contribution in [0.3, 0.4) is 0 Å². The normalized spacial score (nSPS) is 11.6. The summed E-state index contributed by atoms with van der Waals surface area (Å²) < 4.78 is 1.69. The average Bonchev–Trinajstić information content (AvgIpc) is 2.92. The van der Waals surface area contributed by atoms with E-state index in [1.54, 1.807) is 10.9 Å². The number of nitrogens with one attached hydrogen (secondary N) is 1. The third-order valence-corrected chi connectivity index (χ3v) is 3.06. The highest BCUT2D eigenvalue weighted by Gasteiger charge is 2.12. The fourth-order valence-corrected chi connectivity index (χ4v) is 2.06. The molecule has 5 heteroatoms. The predicted molar refractivity (Wildman–Crippen MR) is 83.3 cm³/mol. The van der Waals surface area contributed by atoms with Gasteiger partial charge in [-0.15, -0.1) is 0 Å². The fourth-order valence-electron chi connectivity index (χ4n) is 2.06. The molecule has 0 fully saturated rings. The van der Waals surface area contributed by atoms with Crippen LogP contribution in [-0.2, 0) is 4.79 Å². The Morgan fingerprint density at radius 2 is 1.81 bits per heavy atom. The molecule has 5 nitrogen and oxygen atoms in total. The molecule has 0 aliphatic carbocycles. The second kappa shape index (κ2) is 5.58. The summed E-state index contributed by atoms with van der Waals surface area (Å²) in [4.78, 5) is 16.2. The Hall–Kier alpha value is -2.95. The first kappa shape index (κ1) is 13.1. The summed E-state index contributed by atoms with van der Waals surface area (Å²) >= 11 is 0. The Morgan fingerprint density at radius 1 is 1.10 bits per heavy atom. The number of rotatable bonds is 3. The van der Waals surface area contributed by atoms with Gasteiger partial charge in [0, 0.05) is 6.92 Å². The lowest BCUT2D eigenvalue weighted by Gasteiger charge is -2.06. The number of ketones is 1. The van der Waals surface area contributed by atoms with Crippen LogP contribution >= 0.6 is 0 Å². The highest BCUT2D eigenvalue weighted by Crippen LogP contribution is 2.12. The third-order valence-electron chi connectivity index (χ3n) is 3.06. The number of aromatic nitrogens is 2. The average molecular weight is 278 g/mol. The number of benzene rings is 2. The third kappa shape index (κ3) is 2.67. The molecule has 3 aromatic rings. The van der Waals surface area contributed by atoms with Crippen molar-refractivity contribution in [3.63, 3.8) is 0 Å². The summed E-state index contributed by atoms with van der Waals surface area (Å²) in [5, 5.41) is 4.23. The lowest BCUT2D eigenvalue weighted by molar-refractivity contribution is -0.111. The molecule has 0 unspecified atom stereocenters. The first-order chi connectivity index (χ1) is 10.3. The van der Waals surface area contributed by atoms with Gasteiger partial charge in [0.15, 0.2) is 5.78 Å². The topological polar surface area (TPSA) is 59.3 Å². The van der Waals surface area contributed by atoms with E-state index in [2.05, 4.69) is 15.5 Å². The van der Waals surface area contributed by atoms with Crippen molar-refractivity contribution in [2.75, 3.05) is 5.43 Å². The van der Waals surface area contributed by atoms with Crippen LogP contribution in [0, 0.1) is 0 Å². The van der Waals surface area contributed by atoms with Gasteiger partial charge < -0.3 is 0 Å². The molecule has 0 spiro atoms. The molecule has 3 rings (SSSR count). The largest absolute Gasteiger partial charge is 0.291 e. The highest BCUT2D eigenvalue weighted by atomic mass is 16.1. The van der Waals surface area contributed by atoms with Crippen LogP contribution in [0.5, 0.6) is 0 Å². The van der Waals surface area contributed by atoms with Crippen LogP contribution in [0.4, 0.5) is 5.69 Å². The number of hydrogen-bond donors (Lipinski definition) is 1. The molecular weight excluding hydrogens is 264 g/mol. The minimum absolute atomic E-state index is 0.137. The van der Waals surface area contributed by atoms with Crippen molar-refractivity contribution in [3.8, 4) is 0 Å². The number of anilines is 1. The van der Waals surface area contributed by atoms with Crippen molar-refractivity contribution in [3.05, 3.63) is 60.9 Å². The van der Waals surface area contributed by atoms with Crippen molar-refractivity contribution in [2.45, 2.75) is 6.92 Å². The van der Waals surface area contributed by atoms with Gasteiger partial charge in [0.25, 0.3) is 0 Å². The standard InChI is InChI=1S/C16H14N4O/c1-12(21)16(19-18-13-7-3-2-4-8-13)20-11-17-14-9-5-6-10-15(14)20/h2-11,18H,1H3/b19-16+. The molecular formula is C16H14N4O. The number of carbonyl (C=O) groups excluding carboxylic acids is 1. The van der Waals surface area contributed by atoms with E-state index in [4.69, 9.17) is 0 Å². The minimum atomic E-state index is -0.137. The van der Waals surface area contributed by atoms with Gasteiger partial charge in [0.1, 0.15) is 6.33 Å². The van der Waals surface area contributed by atoms with Crippen LogP contribution in [0.1, 0.15) is 6.92 Å². The van der Waals surface area contributed by atoms with Crippen LogP contribution < -0.4 is 5.43 Å². The van der Waals surface area contributed by atoms with Crippen molar-refractivity contribution in [2.24, 2.45) is 5.10 Å². The van der Waals surface area contributed by atoms with E-state index in [-0.39, 0.29) is 5.78 Å². The fraction of sp³-hybridized carbons (Fsp3) is 0.0625. The maximum Gasteiger partial charge on any atom is 0.201 e. The number of Topliss-reactive ketones (excluding diaryl/α,β-unsaturated/α-hetero) is 1. The quantitative estimate of drug-likeness (QED) is 0.455. The molecule has 0 amide bonds. The SMILES string of the molecule is CC(=O)/C(=N\Nc1ccccc1)n1cnc2ccccc21. The van der Waals surface area contributed by atoms with Gasteiger partial charge in [0.2, 0.25) is 5.84 Å². The van der Waals surface area contributed by atoms with Gasteiger partial charge in [-0.05, 0) is 24.3 Å². The Morgan fingerprint density at radius 3 is 2.57 bits per heavy atom. The Labute approximate surface area is 121 Å². The first-order valence-corrected chi connectivity index (χ1v) is 6.58. The molecule has 0 aliphatic rings. The Bertz CT molecular complexity index is 805. The molecule has 1 aromatic heterocycles. The number of para-hydroxylation sites is 3. The lowest BCUT2D eigenvalue weighted by Crippen LogP contribution is -2.21. The van der Waals surface area contributed by atoms with Gasteiger partial charge in [0.05, 0.1) is 16.7 Å². The molecule has 104 valence electrons. The van der Waals surface area contributed by atoms with Crippen molar-refractivity contribution in [1.82, 2.24) is 9.55 Å². The van der Waals surface area contributed by atoms with Crippen LogP contribution in [0.2, 0.25) is 0 Å².